The molecule has 146 valence electrons. The molecule has 0 unspecified atom stereocenters. The zero-order chi connectivity index (χ0) is 20.5. The Bertz CT molecular complexity index is 1120. The Hall–Kier alpha value is -3.25. The second-order valence-corrected chi connectivity index (χ2v) is 7.94. The Morgan fingerprint density at radius 1 is 1.00 bits per heavy atom. The highest BCUT2D eigenvalue weighted by molar-refractivity contribution is 7.11. The summed E-state index contributed by atoms with van der Waals surface area (Å²) in [6.07, 6.45) is 0. The van der Waals surface area contributed by atoms with Crippen LogP contribution in [0.25, 0.3) is 5.57 Å². The normalized spacial score (nSPS) is 14.1. The number of halogens is 1. The standard InChI is InChI=1S/C23H19FN2O2S/c1-14-5-6-15(2)18(12-14)25-21-20(19-4-3-11-29-19)22(27)26(23(21)28)13-16-7-9-17(24)10-8-16/h3-12,25H,13H2,1-2H3. The number of anilines is 1. The van der Waals surface area contributed by atoms with Crippen LogP contribution in [0.5, 0.6) is 0 Å². The summed E-state index contributed by atoms with van der Waals surface area (Å²) in [7, 11) is 0. The molecule has 0 spiro atoms. The number of benzene rings is 2. The van der Waals surface area contributed by atoms with Gasteiger partial charge in [0.05, 0.1) is 12.1 Å². The van der Waals surface area contributed by atoms with Gasteiger partial charge in [0.25, 0.3) is 11.8 Å². The molecular weight excluding hydrogens is 387 g/mol. The Balaban J connectivity index is 1.72. The van der Waals surface area contributed by atoms with Gasteiger partial charge < -0.3 is 5.32 Å². The number of carbonyl (C=O) groups excluding carboxylic acids is 2. The minimum Gasteiger partial charge on any atom is -0.350 e. The van der Waals surface area contributed by atoms with E-state index in [1.165, 1.54) is 28.4 Å². The third-order valence-corrected chi connectivity index (χ3v) is 5.73. The van der Waals surface area contributed by atoms with E-state index < -0.39 is 0 Å². The first-order valence-electron chi connectivity index (χ1n) is 9.17. The fourth-order valence-electron chi connectivity index (χ4n) is 3.26. The Morgan fingerprint density at radius 2 is 1.76 bits per heavy atom. The molecule has 4 nitrogen and oxygen atoms in total. The van der Waals surface area contributed by atoms with Crippen molar-refractivity contribution in [1.82, 2.24) is 4.90 Å². The number of carbonyl (C=O) groups is 2. The van der Waals surface area contributed by atoms with Crippen LogP contribution in [0.2, 0.25) is 0 Å². The monoisotopic (exact) mass is 406 g/mol. The van der Waals surface area contributed by atoms with Crippen LogP contribution in [0.15, 0.2) is 65.7 Å². The van der Waals surface area contributed by atoms with Gasteiger partial charge >= 0.3 is 0 Å². The summed E-state index contributed by atoms with van der Waals surface area (Å²) in [5.41, 5.74) is 4.15. The molecule has 4 rings (SSSR count). The van der Waals surface area contributed by atoms with Crippen molar-refractivity contribution in [1.29, 1.82) is 0 Å². The maximum atomic E-state index is 13.2. The van der Waals surface area contributed by atoms with Crippen molar-refractivity contribution in [2.75, 3.05) is 5.32 Å². The number of imide groups is 1. The van der Waals surface area contributed by atoms with Crippen LogP contribution in [0.4, 0.5) is 10.1 Å². The van der Waals surface area contributed by atoms with Gasteiger partial charge in [-0.2, -0.15) is 0 Å². The smallest absolute Gasteiger partial charge is 0.278 e. The molecule has 2 amide bonds. The number of nitrogens with zero attached hydrogens (tertiary/aromatic N) is 1. The molecule has 2 aromatic carbocycles. The third-order valence-electron chi connectivity index (χ3n) is 4.84. The minimum absolute atomic E-state index is 0.0881. The second-order valence-electron chi connectivity index (χ2n) is 6.99. The van der Waals surface area contributed by atoms with Crippen LogP contribution in [0.1, 0.15) is 21.6 Å². The average Bonchev–Trinajstić information content (AvgIpc) is 3.29. The van der Waals surface area contributed by atoms with Crippen LogP contribution in [-0.2, 0) is 16.1 Å². The summed E-state index contributed by atoms with van der Waals surface area (Å²) >= 11 is 1.41. The molecular formula is C23H19FN2O2S. The Morgan fingerprint density at radius 3 is 2.45 bits per heavy atom. The van der Waals surface area contributed by atoms with Gasteiger partial charge in [0.15, 0.2) is 0 Å². The van der Waals surface area contributed by atoms with Crippen LogP contribution in [0.3, 0.4) is 0 Å². The van der Waals surface area contributed by atoms with Gasteiger partial charge in [0.1, 0.15) is 11.5 Å². The van der Waals surface area contributed by atoms with Crippen molar-refractivity contribution in [2.45, 2.75) is 20.4 Å². The van der Waals surface area contributed by atoms with E-state index in [0.29, 0.717) is 11.1 Å². The highest BCUT2D eigenvalue weighted by Gasteiger charge is 2.39. The molecule has 1 aromatic heterocycles. The van der Waals surface area contributed by atoms with Gasteiger partial charge in [-0.25, -0.2) is 4.39 Å². The van der Waals surface area contributed by atoms with Crippen molar-refractivity contribution in [3.8, 4) is 0 Å². The molecule has 0 radical (unpaired) electrons. The van der Waals surface area contributed by atoms with E-state index in [2.05, 4.69) is 5.32 Å². The molecule has 3 aromatic rings. The second kappa shape index (κ2) is 7.64. The van der Waals surface area contributed by atoms with Crippen molar-refractivity contribution >= 4 is 34.4 Å². The first-order chi connectivity index (χ1) is 13.9. The van der Waals surface area contributed by atoms with Gasteiger partial charge in [-0.3, -0.25) is 14.5 Å². The van der Waals surface area contributed by atoms with Crippen LogP contribution in [-0.4, -0.2) is 16.7 Å². The molecule has 0 aliphatic carbocycles. The molecule has 1 N–H and O–H groups in total. The largest absolute Gasteiger partial charge is 0.350 e. The van der Waals surface area contributed by atoms with E-state index in [1.807, 2.05) is 49.6 Å². The van der Waals surface area contributed by atoms with E-state index in [1.54, 1.807) is 12.1 Å². The lowest BCUT2D eigenvalue weighted by Crippen LogP contribution is -2.32. The molecule has 0 atom stereocenters. The summed E-state index contributed by atoms with van der Waals surface area (Å²) in [5, 5.41) is 5.08. The van der Waals surface area contributed by atoms with E-state index in [0.717, 1.165) is 21.7 Å². The SMILES string of the molecule is Cc1ccc(C)c(NC2=C(c3cccs3)C(=O)N(Cc3ccc(F)cc3)C2=O)c1. The van der Waals surface area contributed by atoms with Crippen molar-refractivity contribution < 1.29 is 14.0 Å². The third kappa shape index (κ3) is 3.71. The molecule has 29 heavy (non-hydrogen) atoms. The molecule has 0 fully saturated rings. The van der Waals surface area contributed by atoms with E-state index in [-0.39, 0.29) is 29.9 Å². The summed E-state index contributed by atoms with van der Waals surface area (Å²) in [6.45, 7) is 4.01. The summed E-state index contributed by atoms with van der Waals surface area (Å²) < 4.78 is 13.2. The number of amides is 2. The fraction of sp³-hybridized carbons (Fsp3) is 0.130. The number of rotatable bonds is 5. The van der Waals surface area contributed by atoms with E-state index >= 15 is 0 Å². The lowest BCUT2D eigenvalue weighted by molar-refractivity contribution is -0.137. The minimum atomic E-state index is -0.386. The van der Waals surface area contributed by atoms with Gasteiger partial charge in [-0.1, -0.05) is 30.3 Å². The number of thiophene rings is 1. The van der Waals surface area contributed by atoms with Crippen LogP contribution in [0, 0.1) is 19.7 Å². The van der Waals surface area contributed by atoms with Gasteiger partial charge in [-0.05, 0) is 60.2 Å². The van der Waals surface area contributed by atoms with E-state index in [9.17, 15) is 14.0 Å². The number of nitrogens with one attached hydrogen (secondary N) is 1. The van der Waals surface area contributed by atoms with Gasteiger partial charge in [0, 0.05) is 10.6 Å². The Labute approximate surface area is 172 Å². The molecule has 2 heterocycles. The quantitative estimate of drug-likeness (QED) is 0.614. The van der Waals surface area contributed by atoms with Gasteiger partial charge in [0.2, 0.25) is 0 Å². The first-order valence-corrected chi connectivity index (χ1v) is 10.0. The zero-order valence-corrected chi connectivity index (χ0v) is 16.8. The van der Waals surface area contributed by atoms with Crippen LogP contribution < -0.4 is 5.32 Å². The maximum Gasteiger partial charge on any atom is 0.278 e. The Kier molecular flexibility index (Phi) is 5.03. The highest BCUT2D eigenvalue weighted by atomic mass is 32.1. The number of hydrogen-bond acceptors (Lipinski definition) is 4. The first kappa shape index (κ1) is 19.1. The van der Waals surface area contributed by atoms with Crippen molar-refractivity contribution in [2.24, 2.45) is 0 Å². The average molecular weight is 406 g/mol. The van der Waals surface area contributed by atoms with Crippen LogP contribution >= 0.6 is 11.3 Å². The molecule has 1 aliphatic rings. The predicted octanol–water partition coefficient (Wildman–Crippen LogP) is 4.90. The predicted molar refractivity (Wildman–Crippen MR) is 113 cm³/mol. The number of aryl methyl sites for hydroxylation is 2. The maximum absolute atomic E-state index is 13.2. The summed E-state index contributed by atoms with van der Waals surface area (Å²) in [6, 6.07) is 15.4. The fourth-order valence-corrected chi connectivity index (χ4v) is 4.03. The van der Waals surface area contributed by atoms with Gasteiger partial charge in [-0.15, -0.1) is 11.3 Å². The van der Waals surface area contributed by atoms with Crippen molar-refractivity contribution in [3.63, 3.8) is 0 Å². The molecule has 0 bridgehead atoms. The summed E-state index contributed by atoms with van der Waals surface area (Å²) in [5.74, 6) is -1.10. The molecule has 0 saturated heterocycles. The summed E-state index contributed by atoms with van der Waals surface area (Å²) in [4.78, 5) is 28.3. The number of hydrogen-bond donors (Lipinski definition) is 1. The van der Waals surface area contributed by atoms with E-state index in [4.69, 9.17) is 0 Å². The van der Waals surface area contributed by atoms with Crippen molar-refractivity contribution in [3.05, 3.63) is 93.1 Å². The molecule has 6 heteroatoms. The lowest BCUT2D eigenvalue weighted by Gasteiger charge is -2.16. The highest BCUT2D eigenvalue weighted by Crippen LogP contribution is 2.34. The molecule has 0 saturated carbocycles. The molecule has 1 aliphatic heterocycles. The zero-order valence-electron chi connectivity index (χ0n) is 16.0. The topological polar surface area (TPSA) is 49.4 Å². The lowest BCUT2D eigenvalue weighted by atomic mass is 10.1.